The summed E-state index contributed by atoms with van der Waals surface area (Å²) in [7, 11) is 0. The van der Waals surface area contributed by atoms with Crippen LogP contribution < -0.4 is 9.47 Å². The number of carbonyl (C=O) groups excluding carboxylic acids is 2. The van der Waals surface area contributed by atoms with E-state index in [1.165, 1.54) is 42.5 Å². The zero-order valence-electron chi connectivity index (χ0n) is 32.0. The van der Waals surface area contributed by atoms with E-state index in [1.54, 1.807) is 39.0 Å². The molecule has 1 aliphatic carbocycles. The van der Waals surface area contributed by atoms with E-state index in [0.29, 0.717) is 5.57 Å². The van der Waals surface area contributed by atoms with Crippen LogP contribution in [0.1, 0.15) is 103 Å². The maximum absolute atomic E-state index is 15.1. The lowest BCUT2D eigenvalue weighted by atomic mass is 9.61. The molecule has 0 radical (unpaired) electrons. The van der Waals surface area contributed by atoms with Gasteiger partial charge in [-0.3, -0.25) is 9.59 Å². The fourth-order valence-electron chi connectivity index (χ4n) is 8.55. The van der Waals surface area contributed by atoms with Gasteiger partial charge in [-0.15, -0.1) is 0 Å². The molecule has 4 atom stereocenters. The third-order valence-corrected chi connectivity index (χ3v) is 11.2. The average Bonchev–Trinajstić information content (AvgIpc) is 3.37. The average molecular weight is 777 g/mol. The van der Waals surface area contributed by atoms with Gasteiger partial charge in [0.1, 0.15) is 57.3 Å². The fourth-order valence-corrected chi connectivity index (χ4v) is 8.55. The van der Waals surface area contributed by atoms with Crippen LogP contribution in [0, 0.1) is 0 Å². The van der Waals surface area contributed by atoms with E-state index in [4.69, 9.17) is 9.47 Å². The van der Waals surface area contributed by atoms with Crippen molar-refractivity contribution >= 4 is 11.6 Å². The zero-order valence-corrected chi connectivity index (χ0v) is 32.0. The summed E-state index contributed by atoms with van der Waals surface area (Å²) < 4.78 is 12.3. The Hall–Kier alpha value is -6.40. The zero-order chi connectivity index (χ0) is 41.4. The van der Waals surface area contributed by atoms with E-state index in [9.17, 15) is 45.6 Å². The smallest absolute Gasteiger partial charge is 0.286 e. The summed E-state index contributed by atoms with van der Waals surface area (Å²) in [5, 5.41) is 90.1. The molecule has 0 saturated carbocycles. The number of phenolic OH excluding ortho intramolecular Hbond substituents is 7. The number of carbonyl (C=O) groups is 2. The largest absolute Gasteiger partial charge is 0.508 e. The second kappa shape index (κ2) is 13.7. The monoisotopic (exact) mass is 776 g/mol. The Kier molecular flexibility index (Phi) is 9.31. The van der Waals surface area contributed by atoms with Gasteiger partial charge in [-0.05, 0) is 84.2 Å². The lowest BCUT2D eigenvalue weighted by molar-refractivity contribution is -0.221. The summed E-state index contributed by atoms with van der Waals surface area (Å²) in [6, 6.07) is 11.4. The molecule has 8 N–H and O–H groups in total. The van der Waals surface area contributed by atoms with Crippen molar-refractivity contribution in [3.8, 4) is 51.7 Å². The van der Waals surface area contributed by atoms with Crippen molar-refractivity contribution in [2.24, 2.45) is 0 Å². The number of ketones is 2. The standard InChI is InChI=1S/C45H44O12/c1-22(2)6-9-28-32(48)13-10-29(39(28)51)41(53)43(30-11-7-26(46)17-33(30)49)20-24(5)16-25(21-43)37-34(50)19-36-38(40(37)52)42(54)44(15-14-23(3)4)45(55,57-36)31-12-8-27(47)18-35(31)56-44/h6-8,10-14,16-19,25,46-52,55H,9,15,20-21H2,1-5H3. The molecule has 0 amide bonds. The van der Waals surface area contributed by atoms with Crippen LogP contribution in [0.2, 0.25) is 0 Å². The van der Waals surface area contributed by atoms with Crippen LogP contribution in [-0.4, -0.2) is 58.0 Å². The first kappa shape index (κ1) is 38.9. The first-order valence-electron chi connectivity index (χ1n) is 18.5. The number of phenols is 7. The number of allylic oxidation sites excluding steroid dienone is 5. The lowest BCUT2D eigenvalue weighted by Crippen LogP contribution is -2.62. The molecule has 4 unspecified atom stereocenters. The fraction of sp³-hybridized carbons (Fsp3) is 0.289. The van der Waals surface area contributed by atoms with Gasteiger partial charge in [0.05, 0.1) is 16.5 Å². The summed E-state index contributed by atoms with van der Waals surface area (Å²) >= 11 is 0. The lowest BCUT2D eigenvalue weighted by Gasteiger charge is -2.43. The third kappa shape index (κ3) is 6.02. The molecule has 57 heavy (non-hydrogen) atoms. The Labute approximate surface area is 328 Å². The van der Waals surface area contributed by atoms with Crippen LogP contribution in [0.5, 0.6) is 51.7 Å². The Morgan fingerprint density at radius 3 is 2.11 bits per heavy atom. The predicted molar refractivity (Wildman–Crippen MR) is 209 cm³/mol. The Balaban J connectivity index is 1.40. The van der Waals surface area contributed by atoms with E-state index in [0.717, 1.165) is 23.3 Å². The summed E-state index contributed by atoms with van der Waals surface area (Å²) in [4.78, 5) is 30.0. The Morgan fingerprint density at radius 2 is 1.44 bits per heavy atom. The molecule has 2 aliphatic heterocycles. The minimum absolute atomic E-state index is 0.00339. The second-order valence-corrected chi connectivity index (χ2v) is 15.8. The number of aliphatic hydroxyl groups is 1. The van der Waals surface area contributed by atoms with Crippen molar-refractivity contribution in [2.45, 2.75) is 83.0 Å². The number of aromatic hydroxyl groups is 7. The van der Waals surface area contributed by atoms with Gasteiger partial charge in [0.2, 0.25) is 11.4 Å². The van der Waals surface area contributed by atoms with Gasteiger partial charge >= 0.3 is 0 Å². The number of fused-ring (bicyclic) bond motifs is 4. The summed E-state index contributed by atoms with van der Waals surface area (Å²) in [5.41, 5.74) is -2.05. The second-order valence-electron chi connectivity index (χ2n) is 15.8. The molecule has 12 nitrogen and oxygen atoms in total. The third-order valence-electron chi connectivity index (χ3n) is 11.2. The molecule has 0 fully saturated rings. The summed E-state index contributed by atoms with van der Waals surface area (Å²) in [6.45, 7) is 9.00. The van der Waals surface area contributed by atoms with Crippen molar-refractivity contribution in [2.75, 3.05) is 0 Å². The van der Waals surface area contributed by atoms with Crippen LogP contribution in [0.4, 0.5) is 0 Å². The highest BCUT2D eigenvalue weighted by molar-refractivity contribution is 6.10. The molecular weight excluding hydrogens is 732 g/mol. The van der Waals surface area contributed by atoms with Crippen molar-refractivity contribution in [1.82, 2.24) is 0 Å². The number of ether oxygens (including phenoxy) is 2. The molecule has 296 valence electrons. The van der Waals surface area contributed by atoms with Crippen LogP contribution >= 0.6 is 0 Å². The summed E-state index contributed by atoms with van der Waals surface area (Å²) in [6.07, 6.45) is 4.85. The maximum Gasteiger partial charge on any atom is 0.286 e. The van der Waals surface area contributed by atoms with Crippen LogP contribution in [-0.2, 0) is 17.6 Å². The minimum atomic E-state index is -2.44. The maximum atomic E-state index is 15.1. The van der Waals surface area contributed by atoms with E-state index >= 15 is 4.79 Å². The molecule has 0 bridgehead atoms. The molecule has 12 heteroatoms. The van der Waals surface area contributed by atoms with E-state index in [2.05, 4.69) is 0 Å². The molecule has 4 aromatic rings. The molecule has 0 spiro atoms. The van der Waals surface area contributed by atoms with Gasteiger partial charge in [0.15, 0.2) is 5.78 Å². The number of benzene rings is 4. The number of Topliss-reactive ketones (excluding diaryl/α,β-unsaturated/α-hetero) is 2. The topological polar surface area (TPSA) is 214 Å². The number of rotatable bonds is 8. The summed E-state index contributed by atoms with van der Waals surface area (Å²) in [5.74, 6) is -8.15. The van der Waals surface area contributed by atoms with Crippen molar-refractivity contribution in [1.29, 1.82) is 0 Å². The van der Waals surface area contributed by atoms with Crippen molar-refractivity contribution in [3.63, 3.8) is 0 Å². The van der Waals surface area contributed by atoms with Gasteiger partial charge in [-0.2, -0.15) is 0 Å². The van der Waals surface area contributed by atoms with Crippen LogP contribution in [0.15, 0.2) is 89.5 Å². The number of hydrogen-bond acceptors (Lipinski definition) is 12. The first-order valence-corrected chi connectivity index (χ1v) is 18.5. The molecule has 0 saturated heterocycles. The Morgan fingerprint density at radius 1 is 0.772 bits per heavy atom. The van der Waals surface area contributed by atoms with Gasteiger partial charge in [-0.1, -0.05) is 41.0 Å². The molecule has 3 aliphatic rings. The first-order chi connectivity index (χ1) is 26.8. The van der Waals surface area contributed by atoms with Gasteiger partial charge in [-0.25, -0.2) is 0 Å². The normalized spacial score (nSPS) is 23.2. The predicted octanol–water partition coefficient (Wildman–Crippen LogP) is 7.69. The van der Waals surface area contributed by atoms with Crippen LogP contribution in [0.25, 0.3) is 0 Å². The Bertz CT molecular complexity index is 2470. The van der Waals surface area contributed by atoms with Crippen molar-refractivity contribution < 1.29 is 59.9 Å². The molecule has 2 heterocycles. The SMILES string of the molecule is CC(C)=CCc1c(O)ccc(C(=O)C2(c3ccc(O)cc3O)CC(C)=CC(c3c(O)cc4c(c3O)C(=O)C3(CC=C(C)C)Oc5cc(O)ccc5C3(O)O4)C2)c1O. The minimum Gasteiger partial charge on any atom is -0.508 e. The van der Waals surface area contributed by atoms with Crippen molar-refractivity contribution in [3.05, 3.63) is 123 Å². The molecular formula is C45H44O12. The van der Waals surface area contributed by atoms with E-state index < -0.39 is 62.8 Å². The molecule has 0 aromatic heterocycles. The highest BCUT2D eigenvalue weighted by Gasteiger charge is 2.70. The van der Waals surface area contributed by atoms with Gasteiger partial charge in [0.25, 0.3) is 5.79 Å². The molecule has 7 rings (SSSR count). The van der Waals surface area contributed by atoms with Crippen LogP contribution in [0.3, 0.4) is 0 Å². The molecule has 4 aromatic carbocycles. The van der Waals surface area contributed by atoms with Gasteiger partial charge < -0.3 is 50.3 Å². The highest BCUT2D eigenvalue weighted by Crippen LogP contribution is 2.60. The van der Waals surface area contributed by atoms with E-state index in [1.807, 2.05) is 13.8 Å². The highest BCUT2D eigenvalue weighted by atomic mass is 16.7. The quantitative estimate of drug-likeness (QED) is 0.0639. The van der Waals surface area contributed by atoms with E-state index in [-0.39, 0.29) is 82.2 Å². The van der Waals surface area contributed by atoms with Gasteiger partial charge in [0, 0.05) is 47.2 Å². The number of hydrogen-bond donors (Lipinski definition) is 8.